The van der Waals surface area contributed by atoms with Crippen molar-refractivity contribution in [2.45, 2.75) is 12.8 Å². The first-order valence-electron chi connectivity index (χ1n) is 6.52. The van der Waals surface area contributed by atoms with Crippen molar-refractivity contribution in [2.75, 3.05) is 44.2 Å². The molecule has 0 spiro atoms. The molecule has 1 aromatic heterocycles. The van der Waals surface area contributed by atoms with E-state index in [0.717, 1.165) is 52.1 Å². The number of H-pyrrole nitrogens is 1. The van der Waals surface area contributed by atoms with Crippen LogP contribution in [0.25, 0.3) is 0 Å². The number of nitrogens with one attached hydrogen (secondary N) is 1. The highest BCUT2D eigenvalue weighted by Gasteiger charge is 2.19. The van der Waals surface area contributed by atoms with Gasteiger partial charge in [0.25, 0.3) is 5.56 Å². The zero-order valence-corrected chi connectivity index (χ0v) is 10.6. The molecular weight excluding hydrogens is 230 g/mol. The Hall–Kier alpha value is -1.40. The lowest BCUT2D eigenvalue weighted by Crippen LogP contribution is -2.48. The monoisotopic (exact) mass is 251 g/mol. The molecule has 6 nitrogen and oxygen atoms in total. The van der Waals surface area contributed by atoms with Crippen molar-refractivity contribution >= 4 is 5.82 Å². The van der Waals surface area contributed by atoms with Gasteiger partial charge in [-0.3, -0.25) is 9.69 Å². The summed E-state index contributed by atoms with van der Waals surface area (Å²) in [5, 5.41) is 0. The molecule has 1 aromatic rings. The topological polar surface area (TPSA) is 78.2 Å². The molecular formula is C12H21N5O. The van der Waals surface area contributed by atoms with E-state index in [-0.39, 0.29) is 5.56 Å². The van der Waals surface area contributed by atoms with E-state index in [0.29, 0.717) is 5.82 Å². The molecule has 100 valence electrons. The van der Waals surface area contributed by atoms with Gasteiger partial charge in [0.15, 0.2) is 5.82 Å². The second kappa shape index (κ2) is 6.51. The summed E-state index contributed by atoms with van der Waals surface area (Å²) in [6.07, 6.45) is 5.43. The van der Waals surface area contributed by atoms with E-state index in [1.807, 2.05) is 0 Å². The summed E-state index contributed by atoms with van der Waals surface area (Å²) >= 11 is 0. The first-order valence-corrected chi connectivity index (χ1v) is 6.52. The molecule has 0 saturated carbocycles. The molecule has 0 amide bonds. The Labute approximate surface area is 107 Å². The van der Waals surface area contributed by atoms with Crippen LogP contribution in [0.2, 0.25) is 0 Å². The predicted octanol–water partition coefficient (Wildman–Crippen LogP) is -0.369. The SMILES string of the molecule is NCCCCN1CCN(c2ncc[nH]c2=O)CC1. The largest absolute Gasteiger partial charge is 0.349 e. The summed E-state index contributed by atoms with van der Waals surface area (Å²) in [4.78, 5) is 22.9. The maximum Gasteiger partial charge on any atom is 0.290 e. The van der Waals surface area contributed by atoms with Gasteiger partial charge in [-0.1, -0.05) is 0 Å². The molecule has 1 fully saturated rings. The number of nitrogens with two attached hydrogens (primary N) is 1. The predicted molar refractivity (Wildman–Crippen MR) is 71.8 cm³/mol. The molecule has 0 radical (unpaired) electrons. The van der Waals surface area contributed by atoms with Crippen molar-refractivity contribution in [3.8, 4) is 0 Å². The van der Waals surface area contributed by atoms with Crippen LogP contribution in [-0.2, 0) is 0 Å². The van der Waals surface area contributed by atoms with Crippen molar-refractivity contribution in [2.24, 2.45) is 5.73 Å². The molecule has 18 heavy (non-hydrogen) atoms. The standard InChI is InChI=1S/C12H21N5O/c13-3-1-2-6-16-7-9-17(10-8-16)11-12(18)15-5-4-14-11/h4-5H,1-3,6-10,13H2,(H,15,18). The number of anilines is 1. The molecule has 2 rings (SSSR count). The molecule has 0 aromatic carbocycles. The lowest BCUT2D eigenvalue weighted by atomic mass is 10.2. The zero-order valence-electron chi connectivity index (χ0n) is 10.6. The highest BCUT2D eigenvalue weighted by Crippen LogP contribution is 2.08. The van der Waals surface area contributed by atoms with Crippen molar-refractivity contribution < 1.29 is 0 Å². The van der Waals surface area contributed by atoms with Crippen LogP contribution < -0.4 is 16.2 Å². The highest BCUT2D eigenvalue weighted by molar-refractivity contribution is 5.35. The average molecular weight is 251 g/mol. The normalized spacial score (nSPS) is 17.1. The molecule has 0 aliphatic carbocycles. The molecule has 2 heterocycles. The van der Waals surface area contributed by atoms with E-state index < -0.39 is 0 Å². The van der Waals surface area contributed by atoms with E-state index in [1.54, 1.807) is 12.4 Å². The van der Waals surface area contributed by atoms with Crippen molar-refractivity contribution in [1.82, 2.24) is 14.9 Å². The molecule has 0 atom stereocenters. The van der Waals surface area contributed by atoms with Gasteiger partial charge in [-0.05, 0) is 25.9 Å². The first kappa shape index (κ1) is 13.0. The number of nitrogens with zero attached hydrogens (tertiary/aromatic N) is 3. The molecule has 1 aliphatic heterocycles. The summed E-state index contributed by atoms with van der Waals surface area (Å²) < 4.78 is 0. The Balaban J connectivity index is 1.83. The third-order valence-corrected chi connectivity index (χ3v) is 3.29. The van der Waals surface area contributed by atoms with Gasteiger partial charge in [0.1, 0.15) is 0 Å². The Morgan fingerprint density at radius 3 is 2.72 bits per heavy atom. The van der Waals surface area contributed by atoms with E-state index in [9.17, 15) is 4.79 Å². The Bertz CT molecular complexity index is 411. The van der Waals surface area contributed by atoms with Crippen molar-refractivity contribution in [1.29, 1.82) is 0 Å². The Kier molecular flexibility index (Phi) is 4.72. The lowest BCUT2D eigenvalue weighted by molar-refractivity contribution is 0.253. The summed E-state index contributed by atoms with van der Waals surface area (Å²) in [7, 11) is 0. The molecule has 3 N–H and O–H groups in total. The minimum atomic E-state index is -0.103. The number of hydrogen-bond donors (Lipinski definition) is 2. The molecule has 0 bridgehead atoms. The van der Waals surface area contributed by atoms with Gasteiger partial charge in [0.05, 0.1) is 0 Å². The number of unbranched alkanes of at least 4 members (excludes halogenated alkanes) is 1. The molecule has 1 aliphatic rings. The molecule has 6 heteroatoms. The van der Waals surface area contributed by atoms with E-state index in [2.05, 4.69) is 19.8 Å². The van der Waals surface area contributed by atoms with Crippen molar-refractivity contribution in [3.05, 3.63) is 22.7 Å². The summed E-state index contributed by atoms with van der Waals surface area (Å²) in [6.45, 7) is 5.57. The van der Waals surface area contributed by atoms with Gasteiger partial charge in [-0.15, -0.1) is 0 Å². The van der Waals surface area contributed by atoms with Crippen LogP contribution in [0.15, 0.2) is 17.2 Å². The number of aromatic amines is 1. The number of hydrogen-bond acceptors (Lipinski definition) is 5. The van der Waals surface area contributed by atoms with Crippen LogP contribution in [0.3, 0.4) is 0 Å². The second-order valence-corrected chi connectivity index (χ2v) is 4.57. The van der Waals surface area contributed by atoms with E-state index in [1.165, 1.54) is 0 Å². The fraction of sp³-hybridized carbons (Fsp3) is 0.667. The van der Waals surface area contributed by atoms with Gasteiger partial charge in [0, 0.05) is 38.6 Å². The zero-order chi connectivity index (χ0) is 12.8. The summed E-state index contributed by atoms with van der Waals surface area (Å²) in [5.74, 6) is 0.541. The van der Waals surface area contributed by atoms with Crippen LogP contribution in [-0.4, -0.2) is 54.1 Å². The smallest absolute Gasteiger partial charge is 0.290 e. The minimum Gasteiger partial charge on any atom is -0.349 e. The van der Waals surface area contributed by atoms with E-state index in [4.69, 9.17) is 5.73 Å². The second-order valence-electron chi connectivity index (χ2n) is 4.57. The first-order chi connectivity index (χ1) is 8.81. The number of piperazine rings is 1. The third kappa shape index (κ3) is 3.30. The van der Waals surface area contributed by atoms with Crippen LogP contribution >= 0.6 is 0 Å². The van der Waals surface area contributed by atoms with Gasteiger partial charge < -0.3 is 15.6 Å². The Morgan fingerprint density at radius 2 is 2.06 bits per heavy atom. The summed E-state index contributed by atoms with van der Waals surface area (Å²) in [6, 6.07) is 0. The van der Waals surface area contributed by atoms with E-state index >= 15 is 0 Å². The highest BCUT2D eigenvalue weighted by atomic mass is 16.1. The van der Waals surface area contributed by atoms with Gasteiger partial charge in [0.2, 0.25) is 0 Å². The van der Waals surface area contributed by atoms with Crippen molar-refractivity contribution in [3.63, 3.8) is 0 Å². The van der Waals surface area contributed by atoms with Gasteiger partial charge in [-0.25, -0.2) is 4.98 Å². The Morgan fingerprint density at radius 1 is 1.28 bits per heavy atom. The number of aromatic nitrogens is 2. The lowest BCUT2D eigenvalue weighted by Gasteiger charge is -2.34. The van der Waals surface area contributed by atoms with Crippen LogP contribution in [0.4, 0.5) is 5.82 Å². The maximum absolute atomic E-state index is 11.6. The average Bonchev–Trinajstić information content (AvgIpc) is 2.41. The quantitative estimate of drug-likeness (QED) is 0.698. The van der Waals surface area contributed by atoms with Crippen LogP contribution in [0.5, 0.6) is 0 Å². The number of rotatable bonds is 5. The molecule has 0 unspecified atom stereocenters. The summed E-state index contributed by atoms with van der Waals surface area (Å²) in [5.41, 5.74) is 5.38. The fourth-order valence-electron chi connectivity index (χ4n) is 2.23. The van der Waals surface area contributed by atoms with Crippen LogP contribution in [0.1, 0.15) is 12.8 Å². The fourth-order valence-corrected chi connectivity index (χ4v) is 2.23. The van der Waals surface area contributed by atoms with Gasteiger partial charge >= 0.3 is 0 Å². The third-order valence-electron chi connectivity index (χ3n) is 3.29. The van der Waals surface area contributed by atoms with Gasteiger partial charge in [-0.2, -0.15) is 0 Å². The molecule has 1 saturated heterocycles. The van der Waals surface area contributed by atoms with Crippen LogP contribution in [0, 0.1) is 0 Å². The maximum atomic E-state index is 11.6. The minimum absolute atomic E-state index is 0.103.